The summed E-state index contributed by atoms with van der Waals surface area (Å²) in [7, 11) is 0. The Bertz CT molecular complexity index is 1640. The summed E-state index contributed by atoms with van der Waals surface area (Å²) in [6, 6.07) is 31.6. The Balaban J connectivity index is 1.49. The Labute approximate surface area is 198 Å². The van der Waals surface area contributed by atoms with Gasteiger partial charge < -0.3 is 4.57 Å². The van der Waals surface area contributed by atoms with Crippen molar-refractivity contribution in [3.63, 3.8) is 0 Å². The smallest absolute Gasteiger partial charge is 0.141 e. The van der Waals surface area contributed by atoms with E-state index in [9.17, 15) is 5.26 Å². The summed E-state index contributed by atoms with van der Waals surface area (Å²) in [4.78, 5) is 4.10. The number of rotatable bonds is 3. The number of nitriles is 1. The van der Waals surface area contributed by atoms with Crippen LogP contribution >= 0.6 is 0 Å². The summed E-state index contributed by atoms with van der Waals surface area (Å²) in [6.07, 6.45) is 11.4. The Morgan fingerprint density at radius 3 is 2.24 bits per heavy atom. The Morgan fingerprint density at radius 1 is 0.765 bits per heavy atom. The molecule has 6 rings (SSSR count). The number of hydrogen-bond donors (Lipinski definition) is 0. The molecule has 160 valence electrons. The average molecular weight is 436 g/mol. The fourth-order valence-electron chi connectivity index (χ4n) is 4.76. The third-order valence-corrected chi connectivity index (χ3v) is 6.33. The number of benzene rings is 3. The van der Waals surface area contributed by atoms with Crippen molar-refractivity contribution in [2.75, 3.05) is 0 Å². The van der Waals surface area contributed by atoms with Crippen molar-refractivity contribution >= 4 is 33.1 Å². The lowest BCUT2D eigenvalue weighted by atomic mass is 9.98. The molecular weight excluding hydrogens is 414 g/mol. The first-order chi connectivity index (χ1) is 16.8. The highest BCUT2D eigenvalue weighted by atomic mass is 15.0. The van der Waals surface area contributed by atoms with Gasteiger partial charge in [0.15, 0.2) is 0 Å². The number of para-hydroxylation sites is 2. The van der Waals surface area contributed by atoms with E-state index in [1.165, 1.54) is 27.5 Å². The Hall–Kier alpha value is -4.68. The number of fused-ring (bicyclic) bond motifs is 3. The van der Waals surface area contributed by atoms with Crippen molar-refractivity contribution in [1.29, 1.82) is 5.26 Å². The van der Waals surface area contributed by atoms with Gasteiger partial charge in [-0.2, -0.15) is 5.26 Å². The van der Waals surface area contributed by atoms with Gasteiger partial charge in [0, 0.05) is 29.1 Å². The maximum absolute atomic E-state index is 9.23. The van der Waals surface area contributed by atoms with Crippen LogP contribution in [-0.2, 0) is 0 Å². The highest BCUT2D eigenvalue weighted by molar-refractivity contribution is 6.10. The van der Waals surface area contributed by atoms with E-state index < -0.39 is 0 Å². The summed E-state index contributed by atoms with van der Waals surface area (Å²) in [5.74, 6) is 0. The van der Waals surface area contributed by atoms with Crippen molar-refractivity contribution < 1.29 is 0 Å². The van der Waals surface area contributed by atoms with Crippen LogP contribution in [0.25, 0.3) is 44.2 Å². The Kier molecular flexibility index (Phi) is 4.90. The first kappa shape index (κ1) is 20.0. The van der Waals surface area contributed by atoms with Gasteiger partial charge in [-0.25, -0.2) is 4.98 Å². The lowest BCUT2D eigenvalue weighted by Gasteiger charge is -2.12. The number of nitrogens with zero attached hydrogens (tertiary/aromatic N) is 3. The summed E-state index contributed by atoms with van der Waals surface area (Å²) in [6.45, 7) is 0. The van der Waals surface area contributed by atoms with Crippen LogP contribution in [0.5, 0.6) is 0 Å². The first-order valence-electron chi connectivity index (χ1n) is 11.3. The largest absolute Gasteiger partial charge is 0.313 e. The standard InChI is InChI=1S/C31H21N3/c32-21-26-19-25(16-17-33-26)23-10-7-9-22(18-23)24-8-1-2-11-27(20-24)34-30-14-5-3-12-28(30)29-13-4-6-15-31(29)34/h1-10,12-20H,11H2. The number of hydrogen-bond acceptors (Lipinski definition) is 2. The van der Waals surface area contributed by atoms with Gasteiger partial charge in [0.2, 0.25) is 0 Å². The molecule has 2 heterocycles. The van der Waals surface area contributed by atoms with Gasteiger partial charge in [-0.3, -0.25) is 0 Å². The predicted octanol–water partition coefficient (Wildman–Crippen LogP) is 7.61. The zero-order valence-corrected chi connectivity index (χ0v) is 18.5. The van der Waals surface area contributed by atoms with Crippen LogP contribution in [0, 0.1) is 11.3 Å². The molecule has 0 fully saturated rings. The molecule has 0 atom stereocenters. The molecule has 3 heteroatoms. The van der Waals surface area contributed by atoms with E-state index in [4.69, 9.17) is 0 Å². The molecule has 1 aliphatic carbocycles. The normalized spacial score (nSPS) is 13.4. The molecule has 0 unspecified atom stereocenters. The van der Waals surface area contributed by atoms with Crippen LogP contribution in [0.1, 0.15) is 17.7 Å². The molecule has 1 aliphatic rings. The van der Waals surface area contributed by atoms with Crippen LogP contribution in [0.4, 0.5) is 0 Å². The molecule has 0 radical (unpaired) electrons. The fraction of sp³-hybridized carbons (Fsp3) is 0.0323. The lowest BCUT2D eigenvalue weighted by molar-refractivity contribution is 1.14. The summed E-state index contributed by atoms with van der Waals surface area (Å²) in [5, 5.41) is 11.8. The molecule has 3 aromatic carbocycles. The second-order valence-electron chi connectivity index (χ2n) is 8.38. The zero-order valence-electron chi connectivity index (χ0n) is 18.5. The van der Waals surface area contributed by atoms with Crippen LogP contribution < -0.4 is 0 Å². The molecule has 0 saturated carbocycles. The van der Waals surface area contributed by atoms with Gasteiger partial charge in [-0.15, -0.1) is 0 Å². The van der Waals surface area contributed by atoms with E-state index in [0.29, 0.717) is 5.69 Å². The molecule has 3 nitrogen and oxygen atoms in total. The van der Waals surface area contributed by atoms with Gasteiger partial charge in [0.05, 0.1) is 11.0 Å². The van der Waals surface area contributed by atoms with E-state index in [2.05, 4.69) is 113 Å². The van der Waals surface area contributed by atoms with E-state index in [-0.39, 0.29) is 0 Å². The molecule has 5 aromatic rings. The maximum atomic E-state index is 9.23. The van der Waals surface area contributed by atoms with Crippen LogP contribution in [0.3, 0.4) is 0 Å². The third kappa shape index (κ3) is 3.43. The minimum Gasteiger partial charge on any atom is -0.313 e. The minimum atomic E-state index is 0.424. The third-order valence-electron chi connectivity index (χ3n) is 6.33. The van der Waals surface area contributed by atoms with Crippen LogP contribution in [-0.4, -0.2) is 9.55 Å². The predicted molar refractivity (Wildman–Crippen MR) is 140 cm³/mol. The van der Waals surface area contributed by atoms with Gasteiger partial charge in [0.1, 0.15) is 11.8 Å². The SMILES string of the molecule is N#Cc1cc(-c2cccc(C3=CC=CCC(n4c5ccccc5c5ccccc54)=C3)c2)ccn1. The maximum Gasteiger partial charge on any atom is 0.141 e. The highest BCUT2D eigenvalue weighted by Crippen LogP contribution is 2.35. The van der Waals surface area contributed by atoms with E-state index >= 15 is 0 Å². The van der Waals surface area contributed by atoms with Gasteiger partial charge in [-0.1, -0.05) is 72.8 Å². The van der Waals surface area contributed by atoms with Crippen molar-refractivity contribution in [3.8, 4) is 17.2 Å². The average Bonchev–Trinajstić information content (AvgIpc) is 3.04. The second kappa shape index (κ2) is 8.35. The molecule has 0 bridgehead atoms. The van der Waals surface area contributed by atoms with E-state index in [1.807, 2.05) is 12.1 Å². The number of allylic oxidation sites excluding steroid dienone is 6. The van der Waals surface area contributed by atoms with Gasteiger partial charge in [0.25, 0.3) is 0 Å². The monoisotopic (exact) mass is 435 g/mol. The molecule has 0 N–H and O–H groups in total. The molecule has 0 saturated heterocycles. The quantitative estimate of drug-likeness (QED) is 0.293. The molecular formula is C31H21N3. The lowest BCUT2D eigenvalue weighted by Crippen LogP contribution is -1.96. The van der Waals surface area contributed by atoms with Crippen LogP contribution in [0.15, 0.2) is 115 Å². The van der Waals surface area contributed by atoms with Crippen molar-refractivity contribution in [3.05, 3.63) is 127 Å². The van der Waals surface area contributed by atoms with Crippen LogP contribution in [0.2, 0.25) is 0 Å². The number of aromatic nitrogens is 2. The minimum absolute atomic E-state index is 0.424. The molecule has 34 heavy (non-hydrogen) atoms. The van der Waals surface area contributed by atoms with Crippen molar-refractivity contribution in [2.24, 2.45) is 0 Å². The first-order valence-corrected chi connectivity index (χ1v) is 11.3. The molecule has 2 aromatic heterocycles. The van der Waals surface area contributed by atoms with Gasteiger partial charge in [-0.05, 0) is 58.7 Å². The molecule has 0 amide bonds. The second-order valence-corrected chi connectivity index (χ2v) is 8.38. The van der Waals surface area contributed by atoms with Gasteiger partial charge >= 0.3 is 0 Å². The van der Waals surface area contributed by atoms with Crippen molar-refractivity contribution in [1.82, 2.24) is 9.55 Å². The summed E-state index contributed by atoms with van der Waals surface area (Å²) < 4.78 is 2.39. The summed E-state index contributed by atoms with van der Waals surface area (Å²) >= 11 is 0. The molecule has 0 spiro atoms. The topological polar surface area (TPSA) is 41.6 Å². The van der Waals surface area contributed by atoms with E-state index in [1.54, 1.807) is 6.20 Å². The summed E-state index contributed by atoms with van der Waals surface area (Å²) in [5.41, 5.74) is 8.45. The van der Waals surface area contributed by atoms with E-state index in [0.717, 1.165) is 28.7 Å². The molecule has 0 aliphatic heterocycles. The van der Waals surface area contributed by atoms with Crippen molar-refractivity contribution in [2.45, 2.75) is 6.42 Å². The number of pyridine rings is 1. The Morgan fingerprint density at radius 2 is 1.47 bits per heavy atom. The highest BCUT2D eigenvalue weighted by Gasteiger charge is 2.14. The fourth-order valence-corrected chi connectivity index (χ4v) is 4.76. The zero-order chi connectivity index (χ0) is 22.9.